The molecule has 1 aromatic carbocycles. The SMILES string of the molecule is Cc1cc(Br)cc(C(CC2CCOCC2)NN)c1. The summed E-state index contributed by atoms with van der Waals surface area (Å²) < 4.78 is 6.52. The molecular weight excluding hydrogens is 292 g/mol. The summed E-state index contributed by atoms with van der Waals surface area (Å²) in [6, 6.07) is 6.70. The van der Waals surface area contributed by atoms with Crippen molar-refractivity contribution in [3.05, 3.63) is 33.8 Å². The summed E-state index contributed by atoms with van der Waals surface area (Å²) in [6.45, 7) is 3.88. The minimum absolute atomic E-state index is 0.226. The maximum atomic E-state index is 5.73. The van der Waals surface area contributed by atoms with Gasteiger partial charge in [-0.15, -0.1) is 0 Å². The highest BCUT2D eigenvalue weighted by Crippen LogP contribution is 2.29. The zero-order valence-electron chi connectivity index (χ0n) is 10.8. The van der Waals surface area contributed by atoms with Gasteiger partial charge in [0.15, 0.2) is 0 Å². The van der Waals surface area contributed by atoms with Crippen molar-refractivity contribution < 1.29 is 4.74 Å². The van der Waals surface area contributed by atoms with E-state index in [4.69, 9.17) is 10.6 Å². The topological polar surface area (TPSA) is 47.3 Å². The molecule has 1 heterocycles. The molecule has 100 valence electrons. The van der Waals surface area contributed by atoms with Crippen molar-refractivity contribution >= 4 is 15.9 Å². The number of hydrogen-bond donors (Lipinski definition) is 2. The second-order valence-corrected chi connectivity index (χ2v) is 5.99. The average molecular weight is 313 g/mol. The Morgan fingerprint density at radius 3 is 2.72 bits per heavy atom. The van der Waals surface area contributed by atoms with Gasteiger partial charge in [-0.2, -0.15) is 0 Å². The Kier molecular flexibility index (Phi) is 5.18. The molecule has 1 aliphatic rings. The second-order valence-electron chi connectivity index (χ2n) is 5.07. The van der Waals surface area contributed by atoms with Gasteiger partial charge >= 0.3 is 0 Å². The van der Waals surface area contributed by atoms with E-state index in [1.54, 1.807) is 0 Å². The highest BCUT2D eigenvalue weighted by molar-refractivity contribution is 9.10. The molecular formula is C14H21BrN2O. The van der Waals surface area contributed by atoms with E-state index in [9.17, 15) is 0 Å². The number of nitrogens with one attached hydrogen (secondary N) is 1. The molecule has 0 aromatic heterocycles. The molecule has 0 spiro atoms. The lowest BCUT2D eigenvalue weighted by Gasteiger charge is -2.26. The van der Waals surface area contributed by atoms with Crippen molar-refractivity contribution in [1.29, 1.82) is 0 Å². The Labute approximate surface area is 117 Å². The summed E-state index contributed by atoms with van der Waals surface area (Å²) in [7, 11) is 0. The number of hydrazine groups is 1. The van der Waals surface area contributed by atoms with E-state index in [0.717, 1.165) is 36.9 Å². The smallest absolute Gasteiger partial charge is 0.0468 e. The van der Waals surface area contributed by atoms with Gasteiger partial charge in [0.1, 0.15) is 0 Å². The van der Waals surface area contributed by atoms with Gasteiger partial charge in [-0.1, -0.05) is 22.0 Å². The molecule has 1 aromatic rings. The minimum Gasteiger partial charge on any atom is -0.381 e. The van der Waals surface area contributed by atoms with Gasteiger partial charge in [0, 0.05) is 23.7 Å². The lowest BCUT2D eigenvalue weighted by Crippen LogP contribution is -2.31. The monoisotopic (exact) mass is 312 g/mol. The molecule has 0 radical (unpaired) electrons. The van der Waals surface area contributed by atoms with Crippen LogP contribution in [0.5, 0.6) is 0 Å². The van der Waals surface area contributed by atoms with Crippen LogP contribution >= 0.6 is 15.9 Å². The first-order valence-electron chi connectivity index (χ1n) is 6.50. The fraction of sp³-hybridized carbons (Fsp3) is 0.571. The van der Waals surface area contributed by atoms with Crippen molar-refractivity contribution in [2.75, 3.05) is 13.2 Å². The molecule has 1 fully saturated rings. The number of hydrogen-bond acceptors (Lipinski definition) is 3. The van der Waals surface area contributed by atoms with Gasteiger partial charge in [0.05, 0.1) is 0 Å². The van der Waals surface area contributed by atoms with Gasteiger partial charge in [-0.25, -0.2) is 0 Å². The van der Waals surface area contributed by atoms with Crippen LogP contribution in [-0.2, 0) is 4.74 Å². The maximum absolute atomic E-state index is 5.73. The van der Waals surface area contributed by atoms with Crippen LogP contribution < -0.4 is 11.3 Å². The fourth-order valence-corrected chi connectivity index (χ4v) is 3.21. The molecule has 3 N–H and O–H groups in total. The molecule has 0 saturated carbocycles. The van der Waals surface area contributed by atoms with Crippen LogP contribution in [0.1, 0.15) is 36.4 Å². The zero-order chi connectivity index (χ0) is 13.0. The highest BCUT2D eigenvalue weighted by Gasteiger charge is 2.20. The first-order chi connectivity index (χ1) is 8.69. The van der Waals surface area contributed by atoms with Crippen LogP contribution in [0.4, 0.5) is 0 Å². The van der Waals surface area contributed by atoms with Crippen LogP contribution in [0.2, 0.25) is 0 Å². The normalized spacial score (nSPS) is 18.8. The maximum Gasteiger partial charge on any atom is 0.0468 e. The summed E-state index contributed by atoms with van der Waals surface area (Å²) in [5.74, 6) is 6.43. The molecule has 4 heteroatoms. The number of benzene rings is 1. The van der Waals surface area contributed by atoms with Crippen LogP contribution in [0.15, 0.2) is 22.7 Å². The van der Waals surface area contributed by atoms with E-state index in [2.05, 4.69) is 46.5 Å². The summed E-state index contributed by atoms with van der Waals surface area (Å²) in [5, 5.41) is 0. The summed E-state index contributed by atoms with van der Waals surface area (Å²) in [6.07, 6.45) is 3.37. The lowest BCUT2D eigenvalue weighted by atomic mass is 9.89. The van der Waals surface area contributed by atoms with E-state index < -0.39 is 0 Å². The van der Waals surface area contributed by atoms with Crippen LogP contribution in [0.25, 0.3) is 0 Å². The largest absolute Gasteiger partial charge is 0.381 e. The Hall–Kier alpha value is -0.420. The quantitative estimate of drug-likeness (QED) is 0.663. The van der Waals surface area contributed by atoms with Crippen LogP contribution in [0.3, 0.4) is 0 Å². The molecule has 1 saturated heterocycles. The first-order valence-corrected chi connectivity index (χ1v) is 7.29. The fourth-order valence-electron chi connectivity index (χ4n) is 2.58. The molecule has 1 aliphatic heterocycles. The minimum atomic E-state index is 0.226. The molecule has 0 aliphatic carbocycles. The van der Waals surface area contributed by atoms with Crippen molar-refractivity contribution in [3.8, 4) is 0 Å². The molecule has 0 amide bonds. The Morgan fingerprint density at radius 1 is 1.39 bits per heavy atom. The summed E-state index contributed by atoms with van der Waals surface area (Å²) in [4.78, 5) is 0. The lowest BCUT2D eigenvalue weighted by molar-refractivity contribution is 0.0605. The molecule has 0 bridgehead atoms. The van der Waals surface area contributed by atoms with Gasteiger partial charge in [-0.3, -0.25) is 11.3 Å². The van der Waals surface area contributed by atoms with E-state index in [1.165, 1.54) is 11.1 Å². The van der Waals surface area contributed by atoms with Crippen molar-refractivity contribution in [2.45, 2.75) is 32.2 Å². The van der Waals surface area contributed by atoms with Gasteiger partial charge in [0.25, 0.3) is 0 Å². The number of halogens is 1. The number of nitrogens with two attached hydrogens (primary N) is 1. The Bertz CT molecular complexity index is 371. The Morgan fingerprint density at radius 2 is 2.11 bits per heavy atom. The third kappa shape index (κ3) is 3.79. The van der Waals surface area contributed by atoms with Crippen molar-refractivity contribution in [2.24, 2.45) is 11.8 Å². The number of aryl methyl sites for hydroxylation is 1. The van der Waals surface area contributed by atoms with Crippen molar-refractivity contribution in [3.63, 3.8) is 0 Å². The molecule has 3 nitrogen and oxygen atoms in total. The number of ether oxygens (including phenoxy) is 1. The standard InChI is InChI=1S/C14H21BrN2O/c1-10-6-12(9-13(15)7-10)14(17-16)8-11-2-4-18-5-3-11/h6-7,9,11,14,17H,2-5,8,16H2,1H3. The van der Waals surface area contributed by atoms with Crippen LogP contribution in [0, 0.1) is 12.8 Å². The third-order valence-electron chi connectivity index (χ3n) is 3.58. The second kappa shape index (κ2) is 6.66. The third-order valence-corrected chi connectivity index (χ3v) is 4.04. The number of rotatable bonds is 4. The predicted octanol–water partition coefficient (Wildman–Crippen LogP) is 3.08. The molecule has 1 atom stereocenters. The van der Waals surface area contributed by atoms with Gasteiger partial charge in [0.2, 0.25) is 0 Å². The van der Waals surface area contributed by atoms with E-state index in [1.807, 2.05) is 0 Å². The summed E-state index contributed by atoms with van der Waals surface area (Å²) in [5.41, 5.74) is 5.47. The Balaban J connectivity index is 2.06. The van der Waals surface area contributed by atoms with Gasteiger partial charge < -0.3 is 4.74 Å². The van der Waals surface area contributed by atoms with E-state index >= 15 is 0 Å². The summed E-state index contributed by atoms with van der Waals surface area (Å²) >= 11 is 3.55. The average Bonchev–Trinajstić information content (AvgIpc) is 2.36. The molecule has 1 unspecified atom stereocenters. The molecule has 18 heavy (non-hydrogen) atoms. The molecule has 2 rings (SSSR count). The van der Waals surface area contributed by atoms with Crippen molar-refractivity contribution in [1.82, 2.24) is 5.43 Å². The zero-order valence-corrected chi connectivity index (χ0v) is 12.4. The first kappa shape index (κ1) is 14.0. The predicted molar refractivity (Wildman–Crippen MR) is 77.1 cm³/mol. The van der Waals surface area contributed by atoms with E-state index in [-0.39, 0.29) is 6.04 Å². The van der Waals surface area contributed by atoms with Gasteiger partial charge in [-0.05, 0) is 55.4 Å². The van der Waals surface area contributed by atoms with E-state index in [0.29, 0.717) is 5.92 Å². The highest BCUT2D eigenvalue weighted by atomic mass is 79.9. The van der Waals surface area contributed by atoms with Crippen LogP contribution in [-0.4, -0.2) is 13.2 Å².